The standard InChI is InChI=1S/C16H14N6OS3/c1-2-22-15(13-4-3-5-24-13)18-19-16(22)26-10-21-8-12(23-20-21)14-6-11(7-17)9-25-14/h3-6,8-9,20H,2,10H2,1H3. The van der Waals surface area contributed by atoms with E-state index in [4.69, 9.17) is 10.1 Å². The minimum Gasteiger partial charge on any atom is -0.386 e. The Morgan fingerprint density at radius 3 is 3.00 bits per heavy atom. The number of nitrogens with zero attached hydrogens (tertiary/aromatic N) is 5. The van der Waals surface area contributed by atoms with Crippen LogP contribution < -0.4 is 5.59 Å². The van der Waals surface area contributed by atoms with Gasteiger partial charge in [0.1, 0.15) is 6.07 Å². The number of aromatic nitrogens is 3. The zero-order valence-corrected chi connectivity index (χ0v) is 16.2. The van der Waals surface area contributed by atoms with Gasteiger partial charge in [-0.15, -0.1) is 32.9 Å². The minimum absolute atomic E-state index is 0.614. The highest BCUT2D eigenvalue weighted by molar-refractivity contribution is 7.99. The number of nitrogens with one attached hydrogen (secondary N) is 1. The van der Waals surface area contributed by atoms with Crippen LogP contribution in [0.15, 0.2) is 40.3 Å². The van der Waals surface area contributed by atoms with Crippen LogP contribution >= 0.6 is 34.4 Å². The van der Waals surface area contributed by atoms with Crippen LogP contribution in [-0.2, 0) is 11.4 Å². The Bertz CT molecular complexity index is 969. The molecule has 0 saturated carbocycles. The molecular formula is C16H14N6OS3. The Balaban J connectivity index is 1.44. The number of rotatable bonds is 6. The van der Waals surface area contributed by atoms with Crippen LogP contribution in [0.1, 0.15) is 17.4 Å². The van der Waals surface area contributed by atoms with Gasteiger partial charge in [-0.25, -0.2) is 0 Å². The van der Waals surface area contributed by atoms with Crippen LogP contribution in [0.2, 0.25) is 0 Å². The van der Waals surface area contributed by atoms with E-state index in [0.717, 1.165) is 27.3 Å². The highest BCUT2D eigenvalue weighted by Gasteiger charge is 2.19. The van der Waals surface area contributed by atoms with Crippen LogP contribution in [0.4, 0.5) is 0 Å². The molecule has 132 valence electrons. The summed E-state index contributed by atoms with van der Waals surface area (Å²) < 4.78 is 2.11. The highest BCUT2D eigenvalue weighted by atomic mass is 32.2. The third kappa shape index (κ3) is 3.34. The van der Waals surface area contributed by atoms with E-state index in [1.54, 1.807) is 23.1 Å². The van der Waals surface area contributed by atoms with Crippen molar-refractivity contribution in [2.75, 3.05) is 5.88 Å². The van der Waals surface area contributed by atoms with Crippen molar-refractivity contribution in [3.8, 4) is 16.8 Å². The molecule has 0 fully saturated rings. The van der Waals surface area contributed by atoms with E-state index in [-0.39, 0.29) is 0 Å². The molecule has 7 nitrogen and oxygen atoms in total. The molecule has 0 aliphatic carbocycles. The highest BCUT2D eigenvalue weighted by Crippen LogP contribution is 2.29. The fraction of sp³-hybridized carbons (Fsp3) is 0.188. The van der Waals surface area contributed by atoms with Crippen LogP contribution in [0, 0.1) is 11.3 Å². The van der Waals surface area contributed by atoms with Gasteiger partial charge in [0.25, 0.3) is 0 Å². The molecule has 0 spiro atoms. The van der Waals surface area contributed by atoms with Gasteiger partial charge in [0, 0.05) is 11.9 Å². The van der Waals surface area contributed by atoms with Crippen molar-refractivity contribution in [3.63, 3.8) is 0 Å². The zero-order valence-electron chi connectivity index (χ0n) is 13.7. The maximum Gasteiger partial charge on any atom is 0.193 e. The third-order valence-electron chi connectivity index (χ3n) is 3.62. The van der Waals surface area contributed by atoms with Gasteiger partial charge in [0.05, 0.1) is 27.4 Å². The fourth-order valence-corrected chi connectivity index (χ4v) is 4.75. The Kier molecular flexibility index (Phi) is 4.94. The average Bonchev–Trinajstić information content (AvgIpc) is 3.46. The maximum atomic E-state index is 8.93. The van der Waals surface area contributed by atoms with E-state index in [1.165, 1.54) is 11.3 Å². The lowest BCUT2D eigenvalue weighted by Crippen LogP contribution is -2.27. The third-order valence-corrected chi connectivity index (χ3v) is 6.40. The zero-order chi connectivity index (χ0) is 17.9. The first-order chi connectivity index (χ1) is 12.8. The first-order valence-electron chi connectivity index (χ1n) is 7.78. The lowest BCUT2D eigenvalue weighted by atomic mass is 10.3. The van der Waals surface area contributed by atoms with Crippen molar-refractivity contribution >= 4 is 40.2 Å². The topological polar surface area (TPSA) is 79.0 Å². The molecule has 1 aliphatic heterocycles. The molecule has 0 unspecified atom stereocenters. The molecular weight excluding hydrogens is 388 g/mol. The van der Waals surface area contributed by atoms with Crippen molar-refractivity contribution < 1.29 is 4.84 Å². The number of hydrogen-bond donors (Lipinski definition) is 1. The van der Waals surface area contributed by atoms with E-state index in [0.29, 0.717) is 17.2 Å². The van der Waals surface area contributed by atoms with E-state index >= 15 is 0 Å². The van der Waals surface area contributed by atoms with E-state index < -0.39 is 0 Å². The molecule has 0 amide bonds. The van der Waals surface area contributed by atoms with Gasteiger partial charge in [-0.05, 0) is 24.4 Å². The molecule has 10 heteroatoms. The van der Waals surface area contributed by atoms with Crippen LogP contribution in [0.3, 0.4) is 0 Å². The first-order valence-corrected chi connectivity index (χ1v) is 10.5. The molecule has 3 aromatic rings. The fourth-order valence-electron chi connectivity index (χ4n) is 2.40. The van der Waals surface area contributed by atoms with Crippen molar-refractivity contribution in [2.24, 2.45) is 0 Å². The van der Waals surface area contributed by atoms with Gasteiger partial charge < -0.3 is 9.40 Å². The maximum absolute atomic E-state index is 8.93. The van der Waals surface area contributed by atoms with Crippen molar-refractivity contribution in [2.45, 2.75) is 18.6 Å². The van der Waals surface area contributed by atoms with Gasteiger partial charge in [0.2, 0.25) is 0 Å². The predicted molar refractivity (Wildman–Crippen MR) is 103 cm³/mol. The van der Waals surface area contributed by atoms with Crippen LogP contribution in [-0.4, -0.2) is 25.7 Å². The quantitative estimate of drug-likeness (QED) is 0.629. The number of hydrogen-bond acceptors (Lipinski definition) is 9. The first kappa shape index (κ1) is 17.1. The number of hydrazine groups is 1. The van der Waals surface area contributed by atoms with Gasteiger partial charge in [-0.3, -0.25) is 5.01 Å². The summed E-state index contributed by atoms with van der Waals surface area (Å²) in [6.07, 6.45) is 1.88. The Labute approximate surface area is 162 Å². The van der Waals surface area contributed by atoms with Gasteiger partial charge >= 0.3 is 0 Å². The molecule has 4 rings (SSSR count). The Morgan fingerprint density at radius 2 is 2.27 bits per heavy atom. The molecule has 3 aromatic heterocycles. The minimum atomic E-state index is 0.614. The van der Waals surface area contributed by atoms with Gasteiger partial charge in [0.15, 0.2) is 16.7 Å². The van der Waals surface area contributed by atoms with E-state index in [1.807, 2.05) is 34.1 Å². The Morgan fingerprint density at radius 1 is 1.35 bits per heavy atom. The molecule has 0 radical (unpaired) electrons. The molecule has 0 bridgehead atoms. The summed E-state index contributed by atoms with van der Waals surface area (Å²) in [7, 11) is 0. The predicted octanol–water partition coefficient (Wildman–Crippen LogP) is 3.76. The van der Waals surface area contributed by atoms with E-state index in [2.05, 4.69) is 39.4 Å². The average molecular weight is 403 g/mol. The van der Waals surface area contributed by atoms with Gasteiger partial charge in [-0.2, -0.15) is 5.26 Å². The summed E-state index contributed by atoms with van der Waals surface area (Å²) in [6, 6.07) is 8.01. The smallest absolute Gasteiger partial charge is 0.193 e. The summed E-state index contributed by atoms with van der Waals surface area (Å²) in [5.74, 6) is 2.21. The van der Waals surface area contributed by atoms with Crippen molar-refractivity contribution in [3.05, 3.63) is 45.6 Å². The summed E-state index contributed by atoms with van der Waals surface area (Å²) in [5, 5.41) is 24.1. The molecule has 0 aromatic carbocycles. The monoisotopic (exact) mass is 402 g/mol. The second-order valence-electron chi connectivity index (χ2n) is 5.27. The lowest BCUT2D eigenvalue weighted by Gasteiger charge is -2.13. The van der Waals surface area contributed by atoms with Crippen LogP contribution in [0.25, 0.3) is 16.5 Å². The molecule has 1 N–H and O–H groups in total. The number of thioether (sulfide) groups is 1. The number of nitriles is 1. The van der Waals surface area contributed by atoms with Gasteiger partial charge in [-0.1, -0.05) is 23.4 Å². The molecule has 1 aliphatic rings. The normalized spacial score (nSPS) is 13.5. The second kappa shape index (κ2) is 7.51. The Hall–Kier alpha value is -2.32. The molecule has 4 heterocycles. The summed E-state index contributed by atoms with van der Waals surface area (Å²) in [5.41, 5.74) is 3.50. The number of thiophene rings is 2. The van der Waals surface area contributed by atoms with Crippen molar-refractivity contribution in [1.82, 2.24) is 25.4 Å². The largest absolute Gasteiger partial charge is 0.386 e. The van der Waals surface area contributed by atoms with E-state index in [9.17, 15) is 0 Å². The van der Waals surface area contributed by atoms with Crippen molar-refractivity contribution in [1.29, 1.82) is 5.26 Å². The summed E-state index contributed by atoms with van der Waals surface area (Å²) >= 11 is 4.72. The SMILES string of the molecule is CCn1c(SCN2C=C(c3cc(C#N)cs3)ON2)nnc1-c1cccs1. The molecule has 26 heavy (non-hydrogen) atoms. The second-order valence-corrected chi connectivity index (χ2v) is 8.04. The molecule has 0 atom stereocenters. The van der Waals surface area contributed by atoms with Crippen LogP contribution in [0.5, 0.6) is 0 Å². The summed E-state index contributed by atoms with van der Waals surface area (Å²) in [6.45, 7) is 2.89. The lowest BCUT2D eigenvalue weighted by molar-refractivity contribution is 0.0610. The molecule has 0 saturated heterocycles. The summed E-state index contributed by atoms with van der Waals surface area (Å²) in [4.78, 5) is 7.53.